The van der Waals surface area contributed by atoms with Crippen LogP contribution in [0.1, 0.15) is 80.4 Å². The molecule has 17 heteroatoms. The van der Waals surface area contributed by atoms with Gasteiger partial charge in [0.05, 0.1) is 13.2 Å². The molecule has 2 unspecified atom stereocenters. The molecule has 2 fully saturated rings. The van der Waals surface area contributed by atoms with Gasteiger partial charge in [0.25, 0.3) is 5.91 Å². The fraction of sp³-hybridized carbons (Fsp3) is 0.486. The average Bonchev–Trinajstić information content (AvgIpc) is 3.68. The van der Waals surface area contributed by atoms with E-state index in [-0.39, 0.29) is 49.7 Å². The maximum atomic E-state index is 15.5. The maximum absolute atomic E-state index is 15.5. The molecular formula is C37H47F2N6O8P. The van der Waals surface area contributed by atoms with Gasteiger partial charge in [-0.15, -0.1) is 0 Å². The molecule has 2 aromatic carbocycles. The molecule has 2 saturated heterocycles. The van der Waals surface area contributed by atoms with E-state index in [1.54, 1.807) is 7.05 Å². The van der Waals surface area contributed by atoms with E-state index in [2.05, 4.69) is 16.0 Å². The van der Waals surface area contributed by atoms with Gasteiger partial charge >= 0.3 is 13.3 Å². The number of hydrogen-bond donors (Lipinski definition) is 4. The summed E-state index contributed by atoms with van der Waals surface area (Å²) in [5.74, 6) is -2.77. The molecule has 0 aliphatic carbocycles. The van der Waals surface area contributed by atoms with Gasteiger partial charge in [-0.25, -0.2) is 0 Å². The number of carbonyl (C=O) groups excluding carboxylic acids is 5. The van der Waals surface area contributed by atoms with Gasteiger partial charge < -0.3 is 40.2 Å². The molecule has 2 aliphatic heterocycles. The summed E-state index contributed by atoms with van der Waals surface area (Å²) in [5.41, 5.74) is 2.14. The van der Waals surface area contributed by atoms with E-state index in [1.165, 1.54) is 35.4 Å². The van der Waals surface area contributed by atoms with Crippen LogP contribution in [0, 0.1) is 0 Å². The number of nitrogens with two attached hydrogens (primary N) is 1. The second-order valence-electron chi connectivity index (χ2n) is 13.5. The number of primary amides is 1. The number of aromatic nitrogens is 1. The quantitative estimate of drug-likeness (QED) is 0.156. The van der Waals surface area contributed by atoms with E-state index in [0.29, 0.717) is 37.6 Å². The second kappa shape index (κ2) is 17.2. The Morgan fingerprint density at radius 1 is 1.00 bits per heavy atom. The standard InChI is InChI=1S/C37H47F2N6O8P/c1-4-52-54(51,53-5-2)37(38,39)25-14-17-29-24(20-25)21-31(44(29)3)35(49)43-28-13-9-12-26-15-18-30(45(26)36(28)50)34(48)42-27(16-19-32(40)46)33(47)41-22-23-10-7-6-8-11-23/h6-8,10-11,14,17,20-21,26-28,30H,4-5,9,12-13,15-16,18-19,22H2,1-3H3,(H2,40,46)(H,41,47)(H,42,48)(H,43,49)/t26?,27?,28-,30-/m0/s1. The van der Waals surface area contributed by atoms with Crippen LogP contribution in [0.25, 0.3) is 10.9 Å². The van der Waals surface area contributed by atoms with Crippen LogP contribution in [0.15, 0.2) is 54.6 Å². The molecular weight excluding hydrogens is 725 g/mol. The fourth-order valence-electron chi connectivity index (χ4n) is 7.17. The first-order chi connectivity index (χ1) is 25.7. The number of nitrogens with zero attached hydrogens (tertiary/aromatic N) is 2. The van der Waals surface area contributed by atoms with Gasteiger partial charge in [-0.2, -0.15) is 8.78 Å². The zero-order valence-electron chi connectivity index (χ0n) is 30.5. The normalized spacial score (nSPS) is 19.5. The average molecular weight is 773 g/mol. The van der Waals surface area contributed by atoms with Crippen molar-refractivity contribution in [1.29, 1.82) is 0 Å². The highest BCUT2D eigenvalue weighted by Gasteiger charge is 2.55. The van der Waals surface area contributed by atoms with Gasteiger partial charge in [-0.3, -0.25) is 28.5 Å². The van der Waals surface area contributed by atoms with Crippen molar-refractivity contribution in [3.63, 3.8) is 0 Å². The van der Waals surface area contributed by atoms with E-state index in [0.717, 1.165) is 17.7 Å². The summed E-state index contributed by atoms with van der Waals surface area (Å²) in [6.07, 6.45) is 2.20. The molecule has 0 bridgehead atoms. The number of benzene rings is 2. The van der Waals surface area contributed by atoms with Crippen molar-refractivity contribution in [2.45, 2.75) is 95.2 Å². The summed E-state index contributed by atoms with van der Waals surface area (Å²) >= 11 is 0. The fourth-order valence-corrected chi connectivity index (χ4v) is 8.70. The minimum Gasteiger partial charge on any atom is -0.370 e. The number of rotatable bonds is 16. The lowest BCUT2D eigenvalue weighted by Crippen LogP contribution is -2.57. The minimum absolute atomic E-state index is 0.0347. The molecule has 3 aromatic rings. The number of alkyl halides is 2. The van der Waals surface area contributed by atoms with Crippen LogP contribution < -0.4 is 21.7 Å². The first-order valence-electron chi connectivity index (χ1n) is 18.1. The maximum Gasteiger partial charge on any atom is 0.404 e. The van der Waals surface area contributed by atoms with Crippen LogP contribution in [0.3, 0.4) is 0 Å². The van der Waals surface area contributed by atoms with Crippen molar-refractivity contribution in [2.24, 2.45) is 12.8 Å². The van der Waals surface area contributed by atoms with Crippen molar-refractivity contribution < 1.29 is 46.4 Å². The Morgan fingerprint density at radius 2 is 1.70 bits per heavy atom. The van der Waals surface area contributed by atoms with Crippen LogP contribution in [-0.2, 0) is 52.0 Å². The molecule has 0 radical (unpaired) electrons. The molecule has 5 rings (SSSR count). The lowest BCUT2D eigenvalue weighted by molar-refractivity contribution is -0.142. The lowest BCUT2D eigenvalue weighted by atomic mass is 10.1. The van der Waals surface area contributed by atoms with Crippen molar-refractivity contribution in [3.8, 4) is 0 Å². The monoisotopic (exact) mass is 772 g/mol. The van der Waals surface area contributed by atoms with E-state index in [9.17, 15) is 28.5 Å². The molecule has 2 aliphatic rings. The Balaban J connectivity index is 1.31. The Bertz CT molecular complexity index is 1910. The number of hydrogen-bond acceptors (Lipinski definition) is 8. The predicted molar refractivity (Wildman–Crippen MR) is 195 cm³/mol. The minimum atomic E-state index is -4.87. The number of carbonyl (C=O) groups is 5. The van der Waals surface area contributed by atoms with Gasteiger partial charge in [0.2, 0.25) is 23.6 Å². The van der Waals surface area contributed by atoms with Gasteiger partial charge in [0.1, 0.15) is 23.8 Å². The van der Waals surface area contributed by atoms with Gasteiger partial charge in [0, 0.05) is 42.5 Å². The zero-order valence-corrected chi connectivity index (χ0v) is 31.4. The number of amides is 5. The first-order valence-corrected chi connectivity index (χ1v) is 19.6. The van der Waals surface area contributed by atoms with Gasteiger partial charge in [0.15, 0.2) is 0 Å². The lowest BCUT2D eigenvalue weighted by Gasteiger charge is -2.31. The first kappa shape index (κ1) is 40.5. The molecule has 4 atom stereocenters. The summed E-state index contributed by atoms with van der Waals surface area (Å²) in [5, 5.41) is 8.58. The van der Waals surface area contributed by atoms with Gasteiger partial charge in [-0.05, 0) is 76.1 Å². The zero-order chi connectivity index (χ0) is 39.2. The molecule has 3 heterocycles. The number of aryl methyl sites for hydroxylation is 1. The van der Waals surface area contributed by atoms with Crippen LogP contribution in [0.2, 0.25) is 0 Å². The Morgan fingerprint density at radius 3 is 2.37 bits per heavy atom. The van der Waals surface area contributed by atoms with E-state index in [4.69, 9.17) is 14.8 Å². The topological polar surface area (TPSA) is 191 Å². The Hall–Kier alpha value is -4.66. The smallest absolute Gasteiger partial charge is 0.370 e. The Labute approximate surface area is 312 Å². The largest absolute Gasteiger partial charge is 0.404 e. The van der Waals surface area contributed by atoms with Crippen molar-refractivity contribution in [3.05, 3.63) is 71.4 Å². The Kier molecular flexibility index (Phi) is 12.9. The highest BCUT2D eigenvalue weighted by molar-refractivity contribution is 7.54. The number of halogens is 2. The SMILES string of the molecule is CCOP(=O)(OCC)C(F)(F)c1ccc2c(c1)cc(C(=O)N[C@H]1CCCC3CC[C@@H](C(=O)NC(CCC(N)=O)C(=O)NCc4ccccc4)N3C1=O)n2C. The summed E-state index contributed by atoms with van der Waals surface area (Å²) in [4.78, 5) is 67.8. The summed E-state index contributed by atoms with van der Waals surface area (Å²) < 4.78 is 55.4. The van der Waals surface area contributed by atoms with Crippen LogP contribution in [-0.4, -0.2) is 76.4 Å². The highest BCUT2D eigenvalue weighted by atomic mass is 31.2. The third-order valence-corrected chi connectivity index (χ3v) is 12.0. The molecule has 5 N–H and O–H groups in total. The number of fused-ring (bicyclic) bond motifs is 2. The van der Waals surface area contributed by atoms with Crippen LogP contribution in [0.5, 0.6) is 0 Å². The van der Waals surface area contributed by atoms with Crippen LogP contribution >= 0.6 is 7.60 Å². The third-order valence-electron chi connectivity index (χ3n) is 9.88. The van der Waals surface area contributed by atoms with E-state index in [1.807, 2.05) is 30.3 Å². The molecule has 54 heavy (non-hydrogen) atoms. The molecule has 14 nitrogen and oxygen atoms in total. The van der Waals surface area contributed by atoms with Crippen molar-refractivity contribution in [2.75, 3.05) is 13.2 Å². The number of nitrogens with one attached hydrogen (secondary N) is 3. The molecule has 292 valence electrons. The summed E-state index contributed by atoms with van der Waals surface area (Å²) in [6, 6.07) is 10.9. The summed E-state index contributed by atoms with van der Waals surface area (Å²) in [7, 11) is -3.29. The van der Waals surface area contributed by atoms with E-state index < -0.39 is 66.5 Å². The van der Waals surface area contributed by atoms with Crippen molar-refractivity contribution >= 4 is 48.0 Å². The second-order valence-corrected chi connectivity index (χ2v) is 15.5. The van der Waals surface area contributed by atoms with Gasteiger partial charge in [-0.1, -0.05) is 36.4 Å². The molecule has 5 amide bonds. The highest BCUT2D eigenvalue weighted by Crippen LogP contribution is 2.66. The van der Waals surface area contributed by atoms with Crippen molar-refractivity contribution in [1.82, 2.24) is 25.4 Å². The van der Waals surface area contributed by atoms with Crippen LogP contribution in [0.4, 0.5) is 8.78 Å². The summed E-state index contributed by atoms with van der Waals surface area (Å²) in [6.45, 7) is 2.57. The molecule has 0 spiro atoms. The predicted octanol–water partition coefficient (Wildman–Crippen LogP) is 4.20. The van der Waals surface area contributed by atoms with E-state index >= 15 is 8.78 Å². The molecule has 1 aromatic heterocycles. The molecule has 0 saturated carbocycles. The third kappa shape index (κ3) is 8.66.